The van der Waals surface area contributed by atoms with E-state index in [2.05, 4.69) is 17.4 Å². The van der Waals surface area contributed by atoms with Crippen molar-refractivity contribution in [2.45, 2.75) is 13.8 Å². The van der Waals surface area contributed by atoms with Gasteiger partial charge >= 0.3 is 0 Å². The second kappa shape index (κ2) is 6.72. The zero-order valence-corrected chi connectivity index (χ0v) is 12.5. The Hall–Kier alpha value is -1.59. The van der Waals surface area contributed by atoms with Gasteiger partial charge in [0.2, 0.25) is 0 Å². The predicted octanol–water partition coefficient (Wildman–Crippen LogP) is 0.961. The van der Waals surface area contributed by atoms with Gasteiger partial charge in [0.1, 0.15) is 5.75 Å². The molecule has 2 rings (SSSR count). The number of piperazine rings is 1. The quantitative estimate of drug-likeness (QED) is 0.890. The predicted molar refractivity (Wildman–Crippen MR) is 78.6 cm³/mol. The van der Waals surface area contributed by atoms with Crippen molar-refractivity contribution in [3.8, 4) is 5.75 Å². The molecule has 1 amide bonds. The summed E-state index contributed by atoms with van der Waals surface area (Å²) in [6.07, 6.45) is 0. The Balaban J connectivity index is 1.79. The number of nitrogens with zero attached hydrogens (tertiary/aromatic N) is 2. The van der Waals surface area contributed by atoms with Gasteiger partial charge in [0.05, 0.1) is 0 Å². The second-order valence-corrected chi connectivity index (χ2v) is 5.38. The van der Waals surface area contributed by atoms with E-state index in [4.69, 9.17) is 4.74 Å². The summed E-state index contributed by atoms with van der Waals surface area (Å²) in [6.45, 7) is 7.69. The molecular weight excluding hydrogens is 254 g/mol. The molecule has 1 aliphatic heterocycles. The fourth-order valence-electron chi connectivity index (χ4n) is 2.13. The summed E-state index contributed by atoms with van der Waals surface area (Å²) in [5, 5.41) is 1.95. The number of nitrogens with one attached hydrogen (secondary N) is 1. The van der Waals surface area contributed by atoms with Crippen molar-refractivity contribution in [2.75, 3.05) is 39.8 Å². The number of hydrogen-bond donors (Lipinski definition) is 1. The maximum Gasteiger partial charge on any atom is 0.272 e. The Morgan fingerprint density at radius 1 is 1.25 bits per heavy atom. The fourth-order valence-corrected chi connectivity index (χ4v) is 2.13. The highest BCUT2D eigenvalue weighted by Gasteiger charge is 2.15. The number of amides is 1. The van der Waals surface area contributed by atoms with Crippen molar-refractivity contribution in [1.29, 1.82) is 0 Å². The lowest BCUT2D eigenvalue weighted by molar-refractivity contribution is -0.128. The van der Waals surface area contributed by atoms with E-state index in [0.717, 1.165) is 43.1 Å². The van der Waals surface area contributed by atoms with E-state index >= 15 is 0 Å². The molecule has 110 valence electrons. The van der Waals surface area contributed by atoms with Crippen LogP contribution in [0.2, 0.25) is 0 Å². The first-order chi connectivity index (χ1) is 9.54. The standard InChI is InChI=1S/C15H23N3O2/c1-12-4-5-13(2)14(10-12)20-11-15(19)16-18-8-6-17(3)7-9-18/h4-5,10H,6-9,11H2,1-3H3,(H,16,19). The number of hydrazine groups is 1. The van der Waals surface area contributed by atoms with Crippen LogP contribution < -0.4 is 10.2 Å². The van der Waals surface area contributed by atoms with E-state index < -0.39 is 0 Å². The molecule has 1 fully saturated rings. The Morgan fingerprint density at radius 3 is 2.65 bits per heavy atom. The van der Waals surface area contributed by atoms with Crippen molar-refractivity contribution in [2.24, 2.45) is 0 Å². The average molecular weight is 277 g/mol. The van der Waals surface area contributed by atoms with Crippen LogP contribution >= 0.6 is 0 Å². The van der Waals surface area contributed by atoms with Gasteiger partial charge in [-0.05, 0) is 38.1 Å². The zero-order chi connectivity index (χ0) is 14.5. The molecule has 20 heavy (non-hydrogen) atoms. The summed E-state index contributed by atoms with van der Waals surface area (Å²) in [6, 6.07) is 5.99. The maximum absolute atomic E-state index is 11.9. The third kappa shape index (κ3) is 4.21. The topological polar surface area (TPSA) is 44.8 Å². The molecule has 1 N–H and O–H groups in total. The highest BCUT2D eigenvalue weighted by Crippen LogP contribution is 2.18. The molecule has 1 saturated heterocycles. The molecule has 0 aliphatic carbocycles. The van der Waals surface area contributed by atoms with Crippen LogP contribution in [-0.4, -0.2) is 55.6 Å². The van der Waals surface area contributed by atoms with Crippen LogP contribution in [0.15, 0.2) is 18.2 Å². The first kappa shape index (κ1) is 14.8. The number of likely N-dealkylation sites (N-methyl/N-ethyl adjacent to an activating group) is 1. The van der Waals surface area contributed by atoms with Gasteiger partial charge in [0, 0.05) is 26.2 Å². The molecule has 1 aromatic carbocycles. The van der Waals surface area contributed by atoms with E-state index in [9.17, 15) is 4.79 Å². The Labute approximate surface area is 120 Å². The number of rotatable bonds is 4. The third-order valence-corrected chi connectivity index (χ3v) is 3.49. The highest BCUT2D eigenvalue weighted by atomic mass is 16.5. The minimum absolute atomic E-state index is 0.0522. The van der Waals surface area contributed by atoms with Gasteiger partial charge in [-0.25, -0.2) is 5.01 Å². The molecular formula is C15H23N3O2. The Bertz CT molecular complexity index is 468. The molecule has 0 spiro atoms. The Morgan fingerprint density at radius 2 is 1.95 bits per heavy atom. The monoisotopic (exact) mass is 277 g/mol. The van der Waals surface area contributed by atoms with Crippen LogP contribution in [0.3, 0.4) is 0 Å². The number of carbonyl (C=O) groups excluding carboxylic acids is 1. The van der Waals surface area contributed by atoms with Crippen LogP contribution in [0.25, 0.3) is 0 Å². The first-order valence-electron chi connectivity index (χ1n) is 6.97. The summed E-state index contributed by atoms with van der Waals surface area (Å²) < 4.78 is 5.59. The summed E-state index contributed by atoms with van der Waals surface area (Å²) in [5.41, 5.74) is 5.06. The first-order valence-corrected chi connectivity index (χ1v) is 6.97. The van der Waals surface area contributed by atoms with Crippen molar-refractivity contribution < 1.29 is 9.53 Å². The van der Waals surface area contributed by atoms with Gasteiger partial charge in [-0.1, -0.05) is 12.1 Å². The van der Waals surface area contributed by atoms with Gasteiger partial charge in [-0.2, -0.15) is 0 Å². The number of aryl methyl sites for hydroxylation is 2. The summed E-state index contributed by atoms with van der Waals surface area (Å²) in [7, 11) is 2.09. The molecule has 1 heterocycles. The van der Waals surface area contributed by atoms with Crippen LogP contribution in [0.4, 0.5) is 0 Å². The molecule has 1 aliphatic rings. The van der Waals surface area contributed by atoms with Crippen LogP contribution in [0.5, 0.6) is 5.75 Å². The fraction of sp³-hybridized carbons (Fsp3) is 0.533. The summed E-state index contributed by atoms with van der Waals surface area (Å²) in [4.78, 5) is 14.1. The average Bonchev–Trinajstić information content (AvgIpc) is 2.42. The molecule has 0 atom stereocenters. The molecule has 5 heteroatoms. The van der Waals surface area contributed by atoms with Gasteiger partial charge in [-0.15, -0.1) is 0 Å². The smallest absolute Gasteiger partial charge is 0.272 e. The number of ether oxygens (including phenoxy) is 1. The lowest BCUT2D eigenvalue weighted by atomic mass is 10.1. The summed E-state index contributed by atoms with van der Waals surface area (Å²) >= 11 is 0. The molecule has 0 aromatic heterocycles. The molecule has 0 unspecified atom stereocenters. The highest BCUT2D eigenvalue weighted by molar-refractivity contribution is 5.77. The lowest BCUT2D eigenvalue weighted by Crippen LogP contribution is -2.53. The third-order valence-electron chi connectivity index (χ3n) is 3.49. The van der Waals surface area contributed by atoms with Crippen LogP contribution in [-0.2, 0) is 4.79 Å². The Kier molecular flexibility index (Phi) is 4.98. The van der Waals surface area contributed by atoms with Gasteiger partial charge < -0.3 is 9.64 Å². The van der Waals surface area contributed by atoms with Crippen LogP contribution in [0.1, 0.15) is 11.1 Å². The SMILES string of the molecule is Cc1ccc(C)c(OCC(=O)NN2CCN(C)CC2)c1. The van der Waals surface area contributed by atoms with E-state index in [1.54, 1.807) is 0 Å². The molecule has 0 bridgehead atoms. The molecule has 0 radical (unpaired) electrons. The largest absolute Gasteiger partial charge is 0.483 e. The van der Waals surface area contributed by atoms with Gasteiger partial charge in [0.25, 0.3) is 5.91 Å². The normalized spacial score (nSPS) is 16.9. The van der Waals surface area contributed by atoms with Gasteiger partial charge in [0.15, 0.2) is 6.61 Å². The molecule has 1 aromatic rings. The zero-order valence-electron chi connectivity index (χ0n) is 12.5. The van der Waals surface area contributed by atoms with E-state index in [0.29, 0.717) is 0 Å². The van der Waals surface area contributed by atoms with Crippen molar-refractivity contribution >= 4 is 5.91 Å². The molecule has 5 nitrogen and oxygen atoms in total. The lowest BCUT2D eigenvalue weighted by Gasteiger charge is -2.32. The molecule has 0 saturated carbocycles. The van der Waals surface area contributed by atoms with Crippen molar-refractivity contribution in [1.82, 2.24) is 15.3 Å². The van der Waals surface area contributed by atoms with Crippen molar-refractivity contribution in [3.05, 3.63) is 29.3 Å². The van der Waals surface area contributed by atoms with E-state index in [1.165, 1.54) is 0 Å². The minimum Gasteiger partial charge on any atom is -0.483 e. The van der Waals surface area contributed by atoms with Gasteiger partial charge in [-0.3, -0.25) is 10.2 Å². The van der Waals surface area contributed by atoms with E-state index in [-0.39, 0.29) is 12.5 Å². The summed E-state index contributed by atoms with van der Waals surface area (Å²) in [5.74, 6) is 0.675. The number of hydrogen-bond acceptors (Lipinski definition) is 4. The van der Waals surface area contributed by atoms with Crippen molar-refractivity contribution in [3.63, 3.8) is 0 Å². The maximum atomic E-state index is 11.9. The van der Waals surface area contributed by atoms with E-state index in [1.807, 2.05) is 37.1 Å². The number of benzene rings is 1. The number of carbonyl (C=O) groups is 1. The van der Waals surface area contributed by atoms with Crippen LogP contribution in [0, 0.1) is 13.8 Å². The second-order valence-electron chi connectivity index (χ2n) is 5.38. The minimum atomic E-state index is -0.101.